The van der Waals surface area contributed by atoms with Crippen LogP contribution in [0.1, 0.15) is 18.4 Å². The van der Waals surface area contributed by atoms with E-state index >= 15 is 0 Å². The number of fused-ring (bicyclic) bond motifs is 1. The van der Waals surface area contributed by atoms with E-state index in [0.29, 0.717) is 24.0 Å². The molecule has 0 unspecified atom stereocenters. The third kappa shape index (κ3) is 4.88. The normalized spacial score (nSPS) is 17.0. The molecule has 1 N–H and O–H groups in total. The fraction of sp³-hybridized carbons (Fsp3) is 0.409. The molecule has 4 rings (SSSR count). The molecule has 0 bridgehead atoms. The van der Waals surface area contributed by atoms with Crippen molar-refractivity contribution in [3.05, 3.63) is 48.0 Å². The number of nitrogens with zero attached hydrogens (tertiary/aromatic N) is 3. The Morgan fingerprint density at radius 3 is 2.93 bits per heavy atom. The number of hydrogen-bond acceptors (Lipinski definition) is 7. The maximum absolute atomic E-state index is 12.2. The molecule has 3 aromatic rings. The molecule has 1 amide bonds. The molecule has 8 nitrogen and oxygen atoms in total. The highest BCUT2D eigenvalue weighted by atomic mass is 16.6. The number of likely N-dealkylation sites (tertiary alicyclic amines) is 1. The summed E-state index contributed by atoms with van der Waals surface area (Å²) in [6.07, 6.45) is 2.20. The molecule has 0 radical (unpaired) electrons. The van der Waals surface area contributed by atoms with E-state index in [9.17, 15) is 4.79 Å². The Morgan fingerprint density at radius 2 is 2.07 bits per heavy atom. The van der Waals surface area contributed by atoms with Gasteiger partial charge in [-0.3, -0.25) is 9.69 Å². The number of rotatable bonds is 8. The third-order valence-electron chi connectivity index (χ3n) is 5.38. The summed E-state index contributed by atoms with van der Waals surface area (Å²) in [6, 6.07) is 13.2. The lowest BCUT2D eigenvalue weighted by atomic mass is 9.97. The van der Waals surface area contributed by atoms with Crippen LogP contribution in [0.15, 0.2) is 47.1 Å². The fourth-order valence-corrected chi connectivity index (χ4v) is 3.88. The number of carbonyl (C=O) groups is 1. The Labute approximate surface area is 175 Å². The molecule has 1 aliphatic heterocycles. The van der Waals surface area contributed by atoms with Gasteiger partial charge in [0.1, 0.15) is 11.0 Å². The number of methoxy groups -OCH3 is 1. The Balaban J connectivity index is 1.25. The highest BCUT2D eigenvalue weighted by Gasteiger charge is 2.21. The first kappa shape index (κ1) is 20.2. The smallest absolute Gasteiger partial charge is 0.257 e. The molecule has 1 aliphatic rings. The van der Waals surface area contributed by atoms with Crippen molar-refractivity contribution in [3.63, 3.8) is 0 Å². The van der Waals surface area contributed by atoms with Gasteiger partial charge in [0.05, 0.1) is 7.11 Å². The zero-order chi connectivity index (χ0) is 20.8. The predicted octanol–water partition coefficient (Wildman–Crippen LogP) is 2.64. The zero-order valence-electron chi connectivity index (χ0n) is 17.0. The van der Waals surface area contributed by atoms with Gasteiger partial charge in [-0.1, -0.05) is 24.3 Å². The van der Waals surface area contributed by atoms with E-state index in [1.165, 1.54) is 0 Å². The minimum Gasteiger partial charge on any atom is -0.493 e. The highest BCUT2D eigenvalue weighted by molar-refractivity contribution is 5.77. The van der Waals surface area contributed by atoms with Crippen molar-refractivity contribution >= 4 is 16.9 Å². The Kier molecular flexibility index (Phi) is 6.44. The molecule has 158 valence electrons. The zero-order valence-corrected chi connectivity index (χ0v) is 17.0. The first-order chi connectivity index (χ1) is 14.7. The van der Waals surface area contributed by atoms with Gasteiger partial charge in [-0.2, -0.15) is 0 Å². The van der Waals surface area contributed by atoms with E-state index in [2.05, 4.69) is 26.6 Å². The summed E-state index contributed by atoms with van der Waals surface area (Å²) in [5, 5.41) is 10.9. The van der Waals surface area contributed by atoms with E-state index in [0.717, 1.165) is 49.1 Å². The Hall–Kier alpha value is -3.13. The molecular formula is C22H26N4O4. The van der Waals surface area contributed by atoms with E-state index in [1.54, 1.807) is 19.2 Å². The summed E-state index contributed by atoms with van der Waals surface area (Å²) in [5.41, 5.74) is 2.72. The van der Waals surface area contributed by atoms with Crippen molar-refractivity contribution < 1.29 is 18.9 Å². The van der Waals surface area contributed by atoms with Crippen LogP contribution in [0.4, 0.5) is 0 Å². The summed E-state index contributed by atoms with van der Waals surface area (Å²) in [7, 11) is 1.58. The van der Waals surface area contributed by atoms with Gasteiger partial charge in [0, 0.05) is 19.6 Å². The molecular weight excluding hydrogens is 384 g/mol. The highest BCUT2D eigenvalue weighted by Crippen LogP contribution is 2.25. The largest absolute Gasteiger partial charge is 0.493 e. The number of piperidine rings is 1. The van der Waals surface area contributed by atoms with Crippen LogP contribution in [0.25, 0.3) is 11.0 Å². The molecule has 0 saturated carbocycles. The van der Waals surface area contributed by atoms with Crippen LogP contribution in [0.5, 0.6) is 11.5 Å². The SMILES string of the molecule is COc1ccccc1OCC(=O)NC[C@H]1CCCN(Cc2cccc3nonc23)C1. The van der Waals surface area contributed by atoms with Crippen LogP contribution in [0.2, 0.25) is 0 Å². The second kappa shape index (κ2) is 9.58. The molecule has 30 heavy (non-hydrogen) atoms. The number of benzene rings is 2. The predicted molar refractivity (Wildman–Crippen MR) is 111 cm³/mol. The van der Waals surface area contributed by atoms with Crippen molar-refractivity contribution in [2.24, 2.45) is 5.92 Å². The van der Waals surface area contributed by atoms with Gasteiger partial charge in [0.15, 0.2) is 18.1 Å². The number of para-hydroxylation sites is 2. The minimum atomic E-state index is -0.128. The van der Waals surface area contributed by atoms with Crippen LogP contribution >= 0.6 is 0 Å². The molecule has 1 atom stereocenters. The number of nitrogens with one attached hydrogen (secondary N) is 1. The number of amides is 1. The van der Waals surface area contributed by atoms with Gasteiger partial charge in [-0.05, 0) is 59.4 Å². The topological polar surface area (TPSA) is 89.7 Å². The Morgan fingerprint density at radius 1 is 1.20 bits per heavy atom. The number of ether oxygens (including phenoxy) is 2. The third-order valence-corrected chi connectivity index (χ3v) is 5.38. The number of hydrogen-bond donors (Lipinski definition) is 1. The fourth-order valence-electron chi connectivity index (χ4n) is 3.88. The summed E-state index contributed by atoms with van der Waals surface area (Å²) >= 11 is 0. The molecule has 1 aromatic heterocycles. The van der Waals surface area contributed by atoms with Gasteiger partial charge >= 0.3 is 0 Å². The second-order valence-electron chi connectivity index (χ2n) is 7.54. The van der Waals surface area contributed by atoms with E-state index < -0.39 is 0 Å². The first-order valence-electron chi connectivity index (χ1n) is 10.2. The van der Waals surface area contributed by atoms with Crippen molar-refractivity contribution in [1.29, 1.82) is 0 Å². The lowest BCUT2D eigenvalue weighted by Crippen LogP contribution is -2.41. The molecule has 1 fully saturated rings. The minimum absolute atomic E-state index is 0.0298. The quantitative estimate of drug-likeness (QED) is 0.611. The maximum atomic E-state index is 12.2. The lowest BCUT2D eigenvalue weighted by Gasteiger charge is -2.32. The monoisotopic (exact) mass is 410 g/mol. The van der Waals surface area contributed by atoms with E-state index in [-0.39, 0.29) is 12.5 Å². The molecule has 1 saturated heterocycles. The van der Waals surface area contributed by atoms with Gasteiger partial charge < -0.3 is 14.8 Å². The second-order valence-corrected chi connectivity index (χ2v) is 7.54. The van der Waals surface area contributed by atoms with Crippen molar-refractivity contribution in [2.45, 2.75) is 19.4 Å². The van der Waals surface area contributed by atoms with Crippen molar-refractivity contribution in [3.8, 4) is 11.5 Å². The van der Waals surface area contributed by atoms with Gasteiger partial charge in [-0.25, -0.2) is 4.63 Å². The molecule has 0 aliphatic carbocycles. The summed E-state index contributed by atoms with van der Waals surface area (Å²) in [5.74, 6) is 1.46. The number of carbonyl (C=O) groups excluding carboxylic acids is 1. The summed E-state index contributed by atoms with van der Waals surface area (Å²) in [6.45, 7) is 3.36. The summed E-state index contributed by atoms with van der Waals surface area (Å²) < 4.78 is 15.7. The average molecular weight is 410 g/mol. The van der Waals surface area contributed by atoms with Crippen molar-refractivity contribution in [1.82, 2.24) is 20.5 Å². The summed E-state index contributed by atoms with van der Waals surface area (Å²) in [4.78, 5) is 14.6. The molecule has 2 aromatic carbocycles. The van der Waals surface area contributed by atoms with Gasteiger partial charge in [0.25, 0.3) is 5.91 Å². The van der Waals surface area contributed by atoms with Crippen LogP contribution in [0, 0.1) is 5.92 Å². The molecule has 0 spiro atoms. The van der Waals surface area contributed by atoms with Crippen LogP contribution in [-0.2, 0) is 11.3 Å². The molecule has 2 heterocycles. The average Bonchev–Trinajstić information content (AvgIpc) is 3.27. The van der Waals surface area contributed by atoms with Crippen molar-refractivity contribution in [2.75, 3.05) is 33.4 Å². The van der Waals surface area contributed by atoms with Gasteiger partial charge in [-0.15, -0.1) is 0 Å². The Bertz CT molecular complexity index is 990. The first-order valence-corrected chi connectivity index (χ1v) is 10.2. The van der Waals surface area contributed by atoms with E-state index in [1.807, 2.05) is 24.3 Å². The van der Waals surface area contributed by atoms with Crippen LogP contribution in [-0.4, -0.2) is 54.5 Å². The lowest BCUT2D eigenvalue weighted by molar-refractivity contribution is -0.123. The van der Waals surface area contributed by atoms with Crippen LogP contribution < -0.4 is 14.8 Å². The standard InChI is InChI=1S/C22H26N4O4/c1-28-19-9-2-3-10-20(19)29-15-21(27)23-12-16-6-5-11-26(13-16)14-17-7-4-8-18-22(17)25-30-24-18/h2-4,7-10,16H,5-6,11-15H2,1H3,(H,23,27)/t16-/m1/s1. The maximum Gasteiger partial charge on any atom is 0.257 e. The van der Waals surface area contributed by atoms with Crippen LogP contribution in [0.3, 0.4) is 0 Å². The van der Waals surface area contributed by atoms with E-state index in [4.69, 9.17) is 14.1 Å². The van der Waals surface area contributed by atoms with Gasteiger partial charge in [0.2, 0.25) is 0 Å². The number of aromatic nitrogens is 2. The molecule has 8 heteroatoms.